The highest BCUT2D eigenvalue weighted by Crippen LogP contribution is 2.24. The van der Waals surface area contributed by atoms with E-state index in [1.165, 1.54) is 11.3 Å². The first-order chi connectivity index (χ1) is 9.07. The van der Waals surface area contributed by atoms with E-state index in [1.54, 1.807) is 17.5 Å². The molecule has 1 aromatic heterocycles. The van der Waals surface area contributed by atoms with Crippen molar-refractivity contribution in [2.75, 3.05) is 6.54 Å². The Balaban J connectivity index is 0. The zero-order valence-corrected chi connectivity index (χ0v) is 11.8. The zero-order valence-electron chi connectivity index (χ0n) is 10.9. The maximum atomic E-state index is 10.6. The van der Waals surface area contributed by atoms with Crippen LogP contribution in [-0.2, 0) is 20.0 Å². The molecule has 0 spiro atoms. The number of carboxylic acids is 3. The Hall–Kier alpha value is -1.97. The third-order valence-electron chi connectivity index (χ3n) is 1.58. The van der Waals surface area contributed by atoms with Crippen molar-refractivity contribution < 1.29 is 34.8 Å². The molecule has 0 aromatic carbocycles. The molecule has 1 heterocycles. The van der Waals surface area contributed by atoms with E-state index in [0.29, 0.717) is 4.88 Å². The first kappa shape index (κ1) is 20.3. The Bertz CT molecular complexity index is 412. The van der Waals surface area contributed by atoms with E-state index in [1.807, 2.05) is 0 Å². The number of carbonyl (C=O) groups is 3. The molecule has 9 heteroatoms. The van der Waals surface area contributed by atoms with Gasteiger partial charge in [-0.15, -0.1) is 11.3 Å². The fourth-order valence-electron chi connectivity index (χ4n) is 0.807. The molecule has 1 unspecified atom stereocenters. The van der Waals surface area contributed by atoms with Crippen LogP contribution >= 0.6 is 11.3 Å². The molecule has 1 atom stereocenters. The second-order valence-corrected chi connectivity index (χ2v) is 4.33. The van der Waals surface area contributed by atoms with Crippen molar-refractivity contribution in [2.45, 2.75) is 19.4 Å². The van der Waals surface area contributed by atoms with Crippen molar-refractivity contribution in [3.05, 3.63) is 22.4 Å². The van der Waals surface area contributed by atoms with Crippen molar-refractivity contribution in [3.63, 3.8) is 0 Å². The van der Waals surface area contributed by atoms with Crippen LogP contribution in [0.15, 0.2) is 17.5 Å². The number of aliphatic hydroxyl groups is 1. The summed E-state index contributed by atoms with van der Waals surface area (Å²) >= 11 is 1.17. The Morgan fingerprint density at radius 3 is 1.80 bits per heavy atom. The van der Waals surface area contributed by atoms with Gasteiger partial charge in [0.15, 0.2) is 0 Å². The molecule has 0 fully saturated rings. The summed E-state index contributed by atoms with van der Waals surface area (Å²) in [6, 6.07) is 3.22. The third-order valence-corrected chi connectivity index (χ3v) is 2.60. The summed E-state index contributed by atoms with van der Waals surface area (Å²) in [7, 11) is 0. The summed E-state index contributed by atoms with van der Waals surface area (Å²) in [5.41, 5.74) is 3.25. The van der Waals surface area contributed by atoms with E-state index in [-0.39, 0.29) is 6.54 Å². The molecule has 0 radical (unpaired) electrons. The number of carboxylic acid groups (broad SMARTS) is 3. The van der Waals surface area contributed by atoms with Crippen LogP contribution in [0.4, 0.5) is 0 Å². The third kappa shape index (κ3) is 9.03. The molecule has 0 bridgehead atoms. The van der Waals surface area contributed by atoms with Gasteiger partial charge in [-0.3, -0.25) is 9.59 Å². The fraction of sp³-hybridized carbons (Fsp3) is 0.364. The van der Waals surface area contributed by atoms with Crippen LogP contribution in [0, 0.1) is 0 Å². The van der Waals surface area contributed by atoms with E-state index < -0.39 is 23.5 Å². The average molecular weight is 307 g/mol. The lowest BCUT2D eigenvalue weighted by molar-refractivity contribution is -0.158. The van der Waals surface area contributed by atoms with Gasteiger partial charge < -0.3 is 26.2 Å². The van der Waals surface area contributed by atoms with E-state index in [9.17, 15) is 9.90 Å². The first-order valence-corrected chi connectivity index (χ1v) is 6.04. The van der Waals surface area contributed by atoms with Gasteiger partial charge in [-0.1, -0.05) is 6.07 Å². The summed E-state index contributed by atoms with van der Waals surface area (Å²) in [6.07, 6.45) is 0. The van der Waals surface area contributed by atoms with Crippen LogP contribution in [0.2, 0.25) is 0 Å². The Kier molecular flexibility index (Phi) is 10.1. The van der Waals surface area contributed by atoms with E-state index >= 15 is 0 Å². The molecule has 0 amide bonds. The molecule has 114 valence electrons. The molecule has 0 saturated heterocycles. The van der Waals surface area contributed by atoms with Crippen LogP contribution in [0.3, 0.4) is 0 Å². The minimum absolute atomic E-state index is 0.317. The SMILES string of the molecule is CC(=O)O.CC(=O)O.NCC(O)(C(=O)O)c1cccs1. The molecule has 1 aromatic rings. The standard InChI is InChI=1S/C7H9NO3S.2C2H4O2/c8-4-7(11,6(9)10)5-2-1-3-12-5;2*1-2(3)4/h1-3,11H,4,8H2,(H,9,10);2*1H3,(H,3,4). The van der Waals surface area contributed by atoms with Crippen molar-refractivity contribution in [2.24, 2.45) is 5.73 Å². The number of thiophene rings is 1. The maximum absolute atomic E-state index is 10.6. The van der Waals surface area contributed by atoms with Gasteiger partial charge in [-0.2, -0.15) is 0 Å². The van der Waals surface area contributed by atoms with Gasteiger partial charge in [0.05, 0.1) is 0 Å². The van der Waals surface area contributed by atoms with Gasteiger partial charge in [0.2, 0.25) is 5.60 Å². The minimum Gasteiger partial charge on any atom is -0.481 e. The number of rotatable bonds is 3. The van der Waals surface area contributed by atoms with Gasteiger partial charge in [-0.05, 0) is 11.4 Å². The number of hydrogen-bond donors (Lipinski definition) is 5. The summed E-state index contributed by atoms with van der Waals surface area (Å²) < 4.78 is 0. The predicted octanol–water partition coefficient (Wildman–Crippen LogP) is 0.161. The highest BCUT2D eigenvalue weighted by molar-refractivity contribution is 7.10. The number of nitrogens with two attached hydrogens (primary N) is 1. The van der Waals surface area contributed by atoms with Crippen LogP contribution in [0.1, 0.15) is 18.7 Å². The van der Waals surface area contributed by atoms with Gasteiger partial charge in [0.25, 0.3) is 11.9 Å². The highest BCUT2D eigenvalue weighted by Gasteiger charge is 2.37. The Morgan fingerprint density at radius 1 is 1.20 bits per heavy atom. The molecule has 0 aliphatic heterocycles. The Morgan fingerprint density at radius 2 is 1.60 bits per heavy atom. The predicted molar refractivity (Wildman–Crippen MR) is 71.5 cm³/mol. The lowest BCUT2D eigenvalue weighted by Crippen LogP contribution is -2.42. The summed E-state index contributed by atoms with van der Waals surface area (Å²) in [4.78, 5) is 29.0. The molecular formula is C11H17NO7S. The van der Waals surface area contributed by atoms with E-state index in [0.717, 1.165) is 13.8 Å². The molecule has 0 aliphatic rings. The monoisotopic (exact) mass is 307 g/mol. The first-order valence-electron chi connectivity index (χ1n) is 5.16. The van der Waals surface area contributed by atoms with Crippen LogP contribution in [-0.4, -0.2) is 44.9 Å². The van der Waals surface area contributed by atoms with Gasteiger partial charge >= 0.3 is 5.97 Å². The summed E-state index contributed by atoms with van der Waals surface area (Å²) in [5.74, 6) is -2.98. The second-order valence-electron chi connectivity index (χ2n) is 3.38. The molecule has 20 heavy (non-hydrogen) atoms. The molecule has 6 N–H and O–H groups in total. The quantitative estimate of drug-likeness (QED) is 0.528. The van der Waals surface area contributed by atoms with Crippen molar-refractivity contribution in [3.8, 4) is 0 Å². The molecule has 0 saturated carbocycles. The van der Waals surface area contributed by atoms with Gasteiger partial charge in [0.1, 0.15) is 0 Å². The van der Waals surface area contributed by atoms with E-state index in [2.05, 4.69) is 0 Å². The minimum atomic E-state index is -1.92. The van der Waals surface area contributed by atoms with Crippen LogP contribution in [0.5, 0.6) is 0 Å². The lowest BCUT2D eigenvalue weighted by atomic mass is 10.0. The summed E-state index contributed by atoms with van der Waals surface area (Å²) in [5, 5.41) is 34.8. The van der Waals surface area contributed by atoms with Crippen molar-refractivity contribution in [1.82, 2.24) is 0 Å². The topological polar surface area (TPSA) is 158 Å². The molecule has 8 nitrogen and oxygen atoms in total. The zero-order chi connectivity index (χ0) is 16.3. The maximum Gasteiger partial charge on any atom is 0.342 e. The number of aliphatic carboxylic acids is 3. The smallest absolute Gasteiger partial charge is 0.342 e. The van der Waals surface area contributed by atoms with Crippen LogP contribution < -0.4 is 5.73 Å². The molecular weight excluding hydrogens is 290 g/mol. The largest absolute Gasteiger partial charge is 0.481 e. The molecule has 1 rings (SSSR count). The highest BCUT2D eigenvalue weighted by atomic mass is 32.1. The summed E-state index contributed by atoms with van der Waals surface area (Å²) in [6.45, 7) is 1.85. The fourth-order valence-corrected chi connectivity index (χ4v) is 1.63. The normalized spacial score (nSPS) is 11.8. The van der Waals surface area contributed by atoms with Gasteiger partial charge in [0, 0.05) is 25.3 Å². The van der Waals surface area contributed by atoms with Gasteiger partial charge in [-0.25, -0.2) is 4.79 Å². The van der Waals surface area contributed by atoms with Crippen LogP contribution in [0.25, 0.3) is 0 Å². The van der Waals surface area contributed by atoms with Crippen molar-refractivity contribution in [1.29, 1.82) is 0 Å². The second kappa shape index (κ2) is 9.89. The lowest BCUT2D eigenvalue weighted by Gasteiger charge is -2.19. The van der Waals surface area contributed by atoms with Crippen molar-refractivity contribution >= 4 is 29.2 Å². The number of hydrogen-bond acceptors (Lipinski definition) is 6. The van der Waals surface area contributed by atoms with E-state index in [4.69, 9.17) is 30.6 Å². The average Bonchev–Trinajstić information content (AvgIpc) is 2.79. The molecule has 0 aliphatic carbocycles. The Labute approximate surface area is 119 Å².